The summed E-state index contributed by atoms with van der Waals surface area (Å²) in [5, 5.41) is 6.37. The van der Waals surface area contributed by atoms with E-state index in [0.29, 0.717) is 0 Å². The van der Waals surface area contributed by atoms with Crippen LogP contribution in [0.15, 0.2) is 42.5 Å². The Morgan fingerprint density at radius 1 is 1.06 bits per heavy atom. The van der Waals surface area contributed by atoms with E-state index in [9.17, 15) is 0 Å². The van der Waals surface area contributed by atoms with Gasteiger partial charge in [-0.1, -0.05) is 43.3 Å². The van der Waals surface area contributed by atoms with Gasteiger partial charge in [-0.05, 0) is 47.6 Å². The summed E-state index contributed by atoms with van der Waals surface area (Å²) in [6, 6.07) is 16.1. The molecule has 1 saturated carbocycles. The lowest BCUT2D eigenvalue weighted by molar-refractivity contribution is 0.502. The maximum Gasteiger partial charge on any atom is 0.0208 e. The Balaban J connectivity index is 1.67. The summed E-state index contributed by atoms with van der Waals surface area (Å²) in [4.78, 5) is 0. The minimum Gasteiger partial charge on any atom is -0.310 e. The predicted molar refractivity (Wildman–Crippen MR) is 77.6 cm³/mol. The molecule has 1 aliphatic rings. The zero-order valence-corrected chi connectivity index (χ0v) is 11.0. The molecule has 0 amide bonds. The number of fused-ring (bicyclic) bond motifs is 1. The molecule has 0 aromatic heterocycles. The highest BCUT2D eigenvalue weighted by Gasteiger charge is 2.20. The summed E-state index contributed by atoms with van der Waals surface area (Å²) in [6.07, 6.45) is 4.07. The van der Waals surface area contributed by atoms with Crippen molar-refractivity contribution >= 4 is 10.8 Å². The molecule has 0 saturated heterocycles. The van der Waals surface area contributed by atoms with Gasteiger partial charge >= 0.3 is 0 Å². The van der Waals surface area contributed by atoms with E-state index in [0.717, 1.165) is 18.5 Å². The molecule has 2 aromatic carbocycles. The van der Waals surface area contributed by atoms with E-state index >= 15 is 0 Å². The SMILES string of the molecule is CC1CCC(NCc2ccc3ccccc3c2)C1. The van der Waals surface area contributed by atoms with Gasteiger partial charge in [0.15, 0.2) is 0 Å². The van der Waals surface area contributed by atoms with Crippen LogP contribution in [0.1, 0.15) is 31.7 Å². The summed E-state index contributed by atoms with van der Waals surface area (Å²) in [7, 11) is 0. The molecule has 2 aromatic rings. The van der Waals surface area contributed by atoms with Crippen molar-refractivity contribution in [3.8, 4) is 0 Å². The molecule has 2 unspecified atom stereocenters. The molecule has 2 atom stereocenters. The molecular formula is C17H21N. The highest BCUT2D eigenvalue weighted by atomic mass is 14.9. The number of nitrogens with one attached hydrogen (secondary N) is 1. The third-order valence-electron chi connectivity index (χ3n) is 4.10. The Labute approximate surface area is 109 Å². The average Bonchev–Trinajstić information content (AvgIpc) is 2.82. The van der Waals surface area contributed by atoms with E-state index in [1.807, 2.05) is 0 Å². The van der Waals surface area contributed by atoms with E-state index in [4.69, 9.17) is 0 Å². The second-order valence-corrected chi connectivity index (χ2v) is 5.68. The number of rotatable bonds is 3. The third kappa shape index (κ3) is 2.56. The van der Waals surface area contributed by atoms with Crippen molar-refractivity contribution in [3.63, 3.8) is 0 Å². The predicted octanol–water partition coefficient (Wildman–Crippen LogP) is 4.12. The van der Waals surface area contributed by atoms with Crippen LogP contribution >= 0.6 is 0 Å². The Hall–Kier alpha value is -1.34. The second-order valence-electron chi connectivity index (χ2n) is 5.68. The first-order valence-electron chi connectivity index (χ1n) is 7.02. The molecule has 1 heteroatoms. The van der Waals surface area contributed by atoms with Gasteiger partial charge in [0.25, 0.3) is 0 Å². The average molecular weight is 239 g/mol. The zero-order chi connectivity index (χ0) is 12.4. The smallest absolute Gasteiger partial charge is 0.0208 e. The van der Waals surface area contributed by atoms with E-state index in [1.165, 1.54) is 35.6 Å². The maximum atomic E-state index is 3.69. The number of hydrogen-bond acceptors (Lipinski definition) is 1. The van der Waals surface area contributed by atoms with Crippen molar-refractivity contribution in [1.82, 2.24) is 5.32 Å². The standard InChI is InChI=1S/C17H21N/c1-13-6-9-17(10-13)18-12-14-7-8-15-4-2-3-5-16(15)11-14/h2-5,7-8,11,13,17-18H,6,9-10,12H2,1H3. The minimum atomic E-state index is 0.728. The van der Waals surface area contributed by atoms with Crippen LogP contribution in [0.2, 0.25) is 0 Å². The summed E-state index contributed by atoms with van der Waals surface area (Å²) in [5.74, 6) is 0.902. The van der Waals surface area contributed by atoms with Gasteiger partial charge in [0.1, 0.15) is 0 Å². The first-order chi connectivity index (χ1) is 8.81. The maximum absolute atomic E-state index is 3.69. The molecule has 0 heterocycles. The molecule has 0 spiro atoms. The highest BCUT2D eigenvalue weighted by Crippen LogP contribution is 2.25. The van der Waals surface area contributed by atoms with Crippen molar-refractivity contribution in [1.29, 1.82) is 0 Å². The second kappa shape index (κ2) is 5.11. The van der Waals surface area contributed by atoms with Crippen LogP contribution < -0.4 is 5.32 Å². The lowest BCUT2D eigenvalue weighted by atomic mass is 10.1. The number of hydrogen-bond donors (Lipinski definition) is 1. The summed E-state index contributed by atoms with van der Waals surface area (Å²) in [5.41, 5.74) is 1.40. The Kier molecular flexibility index (Phi) is 3.33. The fourth-order valence-electron chi connectivity index (χ4n) is 3.00. The zero-order valence-electron chi connectivity index (χ0n) is 11.0. The van der Waals surface area contributed by atoms with Crippen LogP contribution in [0.4, 0.5) is 0 Å². The molecule has 1 N–H and O–H groups in total. The Morgan fingerprint density at radius 2 is 1.89 bits per heavy atom. The lowest BCUT2D eigenvalue weighted by Gasteiger charge is -2.12. The molecule has 3 rings (SSSR count). The first-order valence-corrected chi connectivity index (χ1v) is 7.02. The summed E-state index contributed by atoms with van der Waals surface area (Å²) < 4.78 is 0. The Morgan fingerprint density at radius 3 is 2.67 bits per heavy atom. The summed E-state index contributed by atoms with van der Waals surface area (Å²) in [6.45, 7) is 3.36. The van der Waals surface area contributed by atoms with Crippen molar-refractivity contribution in [2.75, 3.05) is 0 Å². The minimum absolute atomic E-state index is 0.728. The lowest BCUT2D eigenvalue weighted by Crippen LogP contribution is -2.25. The van der Waals surface area contributed by atoms with Gasteiger partial charge in [-0.2, -0.15) is 0 Å². The molecule has 1 nitrogen and oxygen atoms in total. The van der Waals surface area contributed by atoms with Gasteiger partial charge in [0.05, 0.1) is 0 Å². The largest absolute Gasteiger partial charge is 0.310 e. The topological polar surface area (TPSA) is 12.0 Å². The van der Waals surface area contributed by atoms with Crippen LogP contribution in [0.5, 0.6) is 0 Å². The fourth-order valence-corrected chi connectivity index (χ4v) is 3.00. The molecule has 0 bridgehead atoms. The van der Waals surface area contributed by atoms with Crippen LogP contribution in [-0.2, 0) is 6.54 Å². The van der Waals surface area contributed by atoms with Gasteiger partial charge in [-0.3, -0.25) is 0 Å². The van der Waals surface area contributed by atoms with Crippen LogP contribution in [0.25, 0.3) is 10.8 Å². The summed E-state index contributed by atoms with van der Waals surface area (Å²) >= 11 is 0. The normalized spacial score (nSPS) is 23.6. The monoisotopic (exact) mass is 239 g/mol. The van der Waals surface area contributed by atoms with Crippen molar-refractivity contribution in [3.05, 3.63) is 48.0 Å². The van der Waals surface area contributed by atoms with Crippen LogP contribution in [0, 0.1) is 5.92 Å². The molecule has 1 aliphatic carbocycles. The van der Waals surface area contributed by atoms with Gasteiger partial charge in [0.2, 0.25) is 0 Å². The molecular weight excluding hydrogens is 218 g/mol. The van der Waals surface area contributed by atoms with Crippen LogP contribution in [-0.4, -0.2) is 6.04 Å². The quantitative estimate of drug-likeness (QED) is 0.849. The molecule has 0 radical (unpaired) electrons. The van der Waals surface area contributed by atoms with Crippen molar-refractivity contribution in [2.24, 2.45) is 5.92 Å². The molecule has 1 fully saturated rings. The molecule has 18 heavy (non-hydrogen) atoms. The van der Waals surface area contributed by atoms with E-state index in [2.05, 4.69) is 54.7 Å². The van der Waals surface area contributed by atoms with Gasteiger partial charge in [-0.25, -0.2) is 0 Å². The van der Waals surface area contributed by atoms with Gasteiger partial charge in [0, 0.05) is 12.6 Å². The third-order valence-corrected chi connectivity index (χ3v) is 4.10. The molecule has 94 valence electrons. The van der Waals surface area contributed by atoms with E-state index in [-0.39, 0.29) is 0 Å². The fraction of sp³-hybridized carbons (Fsp3) is 0.412. The van der Waals surface area contributed by atoms with Crippen molar-refractivity contribution in [2.45, 2.75) is 38.8 Å². The molecule has 0 aliphatic heterocycles. The van der Waals surface area contributed by atoms with Gasteiger partial charge < -0.3 is 5.32 Å². The first kappa shape index (κ1) is 11.7. The van der Waals surface area contributed by atoms with Gasteiger partial charge in [-0.15, -0.1) is 0 Å². The highest BCUT2D eigenvalue weighted by molar-refractivity contribution is 5.82. The van der Waals surface area contributed by atoms with E-state index < -0.39 is 0 Å². The Bertz CT molecular complexity index is 532. The van der Waals surface area contributed by atoms with Crippen LogP contribution in [0.3, 0.4) is 0 Å². The number of benzene rings is 2. The van der Waals surface area contributed by atoms with Crippen molar-refractivity contribution < 1.29 is 0 Å². The van der Waals surface area contributed by atoms with E-state index in [1.54, 1.807) is 0 Å².